The molecule has 0 fully saturated rings. The fourth-order valence-corrected chi connectivity index (χ4v) is 0.995. The monoisotopic (exact) mass is 202 g/mol. The Morgan fingerprint density at radius 2 is 2.20 bits per heavy atom. The van der Waals surface area contributed by atoms with E-state index in [2.05, 4.69) is 25.3 Å². The summed E-state index contributed by atoms with van der Waals surface area (Å²) in [5.41, 5.74) is 6.50. The van der Waals surface area contributed by atoms with E-state index in [9.17, 15) is 0 Å². The predicted octanol–water partition coefficient (Wildman–Crippen LogP) is 0.901. The van der Waals surface area contributed by atoms with Crippen molar-refractivity contribution in [1.82, 2.24) is 19.9 Å². The van der Waals surface area contributed by atoms with Crippen LogP contribution < -0.4 is 11.1 Å². The molecule has 2 rings (SSSR count). The molecule has 0 atom stereocenters. The van der Waals surface area contributed by atoms with Crippen LogP contribution in [0.5, 0.6) is 0 Å². The van der Waals surface area contributed by atoms with Crippen LogP contribution in [0.2, 0.25) is 0 Å². The molecule has 0 aliphatic heterocycles. The van der Waals surface area contributed by atoms with Crippen molar-refractivity contribution in [2.45, 2.75) is 6.92 Å². The predicted molar refractivity (Wildman–Crippen MR) is 56.5 cm³/mol. The van der Waals surface area contributed by atoms with Crippen LogP contribution in [0.3, 0.4) is 0 Å². The molecule has 0 radical (unpaired) electrons. The molecule has 0 saturated heterocycles. The molecule has 3 N–H and O–H groups in total. The normalized spacial score (nSPS) is 9.93. The standard InChI is InChI=1S/C9H10N6/c1-6-4-12-9(15-8(6)10)14-7-2-3-11-5-13-7/h2-5H,1H3,(H3,10,11,12,13,14,15). The molecule has 0 aliphatic rings. The van der Waals surface area contributed by atoms with Crippen molar-refractivity contribution in [1.29, 1.82) is 0 Å². The van der Waals surface area contributed by atoms with Gasteiger partial charge in [-0.25, -0.2) is 15.0 Å². The summed E-state index contributed by atoms with van der Waals surface area (Å²) in [6.07, 6.45) is 4.73. The number of hydrogen-bond donors (Lipinski definition) is 2. The Morgan fingerprint density at radius 3 is 2.87 bits per heavy atom. The summed E-state index contributed by atoms with van der Waals surface area (Å²) in [6.45, 7) is 1.85. The maximum Gasteiger partial charge on any atom is 0.230 e. The second kappa shape index (κ2) is 3.87. The van der Waals surface area contributed by atoms with Crippen molar-refractivity contribution in [3.63, 3.8) is 0 Å². The number of rotatable bonds is 2. The number of nitrogens with zero attached hydrogens (tertiary/aromatic N) is 4. The third-order valence-corrected chi connectivity index (χ3v) is 1.83. The average molecular weight is 202 g/mol. The maximum absolute atomic E-state index is 5.65. The third kappa shape index (κ3) is 2.16. The first-order chi connectivity index (χ1) is 7.25. The van der Waals surface area contributed by atoms with Gasteiger partial charge in [-0.15, -0.1) is 0 Å². The fraction of sp³-hybridized carbons (Fsp3) is 0.111. The van der Waals surface area contributed by atoms with E-state index in [1.807, 2.05) is 6.92 Å². The zero-order chi connectivity index (χ0) is 10.7. The van der Waals surface area contributed by atoms with E-state index < -0.39 is 0 Å². The molecule has 0 bridgehead atoms. The van der Waals surface area contributed by atoms with E-state index in [0.29, 0.717) is 17.6 Å². The summed E-state index contributed by atoms with van der Waals surface area (Å²) in [5, 5.41) is 2.92. The molecular formula is C9H10N6. The molecule has 0 amide bonds. The van der Waals surface area contributed by atoms with Crippen LogP contribution in [-0.2, 0) is 0 Å². The summed E-state index contributed by atoms with van der Waals surface area (Å²) in [6, 6.07) is 1.72. The quantitative estimate of drug-likeness (QED) is 0.752. The third-order valence-electron chi connectivity index (χ3n) is 1.83. The highest BCUT2D eigenvalue weighted by atomic mass is 15.2. The highest BCUT2D eigenvalue weighted by molar-refractivity contribution is 5.50. The number of nitrogens with two attached hydrogens (primary N) is 1. The first-order valence-corrected chi connectivity index (χ1v) is 4.38. The van der Waals surface area contributed by atoms with Gasteiger partial charge < -0.3 is 11.1 Å². The molecule has 0 aromatic carbocycles. The van der Waals surface area contributed by atoms with Gasteiger partial charge >= 0.3 is 0 Å². The minimum atomic E-state index is 0.428. The number of aryl methyl sites for hydroxylation is 1. The van der Waals surface area contributed by atoms with Crippen molar-refractivity contribution < 1.29 is 0 Å². The van der Waals surface area contributed by atoms with Gasteiger partial charge in [0, 0.05) is 18.0 Å². The lowest BCUT2D eigenvalue weighted by molar-refractivity contribution is 1.11. The molecule has 2 aromatic heterocycles. The molecule has 0 spiro atoms. The summed E-state index contributed by atoms with van der Waals surface area (Å²) in [4.78, 5) is 15.9. The van der Waals surface area contributed by atoms with Gasteiger partial charge in [0.15, 0.2) is 0 Å². The molecular weight excluding hydrogens is 192 g/mol. The highest BCUT2D eigenvalue weighted by Crippen LogP contribution is 2.11. The van der Waals surface area contributed by atoms with Crippen LogP contribution >= 0.6 is 0 Å². The Bertz CT molecular complexity index is 455. The molecule has 76 valence electrons. The van der Waals surface area contributed by atoms with Gasteiger partial charge in [-0.3, -0.25) is 0 Å². The molecule has 15 heavy (non-hydrogen) atoms. The SMILES string of the molecule is Cc1cnc(Nc2ccncn2)nc1N. The number of nitrogens with one attached hydrogen (secondary N) is 1. The number of nitrogen functional groups attached to an aromatic ring is 1. The first kappa shape index (κ1) is 9.32. The number of anilines is 3. The molecule has 2 aromatic rings. The van der Waals surface area contributed by atoms with E-state index in [-0.39, 0.29) is 0 Å². The van der Waals surface area contributed by atoms with Crippen molar-refractivity contribution in [2.75, 3.05) is 11.1 Å². The molecule has 0 unspecified atom stereocenters. The Kier molecular flexibility index (Phi) is 2.40. The lowest BCUT2D eigenvalue weighted by atomic mass is 10.3. The first-order valence-electron chi connectivity index (χ1n) is 4.38. The topological polar surface area (TPSA) is 89.6 Å². The minimum absolute atomic E-state index is 0.428. The number of hydrogen-bond acceptors (Lipinski definition) is 6. The Balaban J connectivity index is 2.22. The lowest BCUT2D eigenvalue weighted by Crippen LogP contribution is -2.02. The zero-order valence-electron chi connectivity index (χ0n) is 8.18. The van der Waals surface area contributed by atoms with Crippen LogP contribution in [0.4, 0.5) is 17.6 Å². The van der Waals surface area contributed by atoms with Gasteiger partial charge in [-0.05, 0) is 13.0 Å². The van der Waals surface area contributed by atoms with Crippen molar-refractivity contribution in [3.05, 3.63) is 30.4 Å². The molecule has 6 heteroatoms. The van der Waals surface area contributed by atoms with Gasteiger partial charge in [0.1, 0.15) is 18.0 Å². The Morgan fingerprint density at radius 1 is 1.33 bits per heavy atom. The van der Waals surface area contributed by atoms with Gasteiger partial charge in [0.25, 0.3) is 0 Å². The largest absolute Gasteiger partial charge is 0.383 e. The van der Waals surface area contributed by atoms with Crippen LogP contribution in [0.1, 0.15) is 5.56 Å². The zero-order valence-corrected chi connectivity index (χ0v) is 8.18. The van der Waals surface area contributed by atoms with E-state index in [1.54, 1.807) is 18.5 Å². The molecule has 6 nitrogen and oxygen atoms in total. The van der Waals surface area contributed by atoms with E-state index in [0.717, 1.165) is 5.56 Å². The second-order valence-corrected chi connectivity index (χ2v) is 2.98. The van der Waals surface area contributed by atoms with Crippen LogP contribution in [0.15, 0.2) is 24.8 Å². The van der Waals surface area contributed by atoms with Gasteiger partial charge in [-0.2, -0.15) is 4.98 Å². The summed E-state index contributed by atoms with van der Waals surface area (Å²) >= 11 is 0. The van der Waals surface area contributed by atoms with E-state index in [4.69, 9.17) is 5.73 Å². The van der Waals surface area contributed by atoms with Crippen molar-refractivity contribution in [2.24, 2.45) is 0 Å². The summed E-state index contributed by atoms with van der Waals surface area (Å²) < 4.78 is 0. The Labute approximate surface area is 86.6 Å². The van der Waals surface area contributed by atoms with Crippen LogP contribution in [0.25, 0.3) is 0 Å². The highest BCUT2D eigenvalue weighted by Gasteiger charge is 2.00. The Hall–Kier alpha value is -2.24. The van der Waals surface area contributed by atoms with Crippen molar-refractivity contribution in [3.8, 4) is 0 Å². The van der Waals surface area contributed by atoms with Gasteiger partial charge in [-0.1, -0.05) is 0 Å². The van der Waals surface area contributed by atoms with Crippen molar-refractivity contribution >= 4 is 17.6 Å². The fourth-order valence-electron chi connectivity index (χ4n) is 0.995. The average Bonchev–Trinajstić information content (AvgIpc) is 2.25. The molecule has 0 aliphatic carbocycles. The lowest BCUT2D eigenvalue weighted by Gasteiger charge is -2.04. The van der Waals surface area contributed by atoms with Crippen LogP contribution in [-0.4, -0.2) is 19.9 Å². The maximum atomic E-state index is 5.65. The van der Waals surface area contributed by atoms with E-state index in [1.165, 1.54) is 6.33 Å². The second-order valence-electron chi connectivity index (χ2n) is 2.98. The van der Waals surface area contributed by atoms with Crippen LogP contribution in [0, 0.1) is 6.92 Å². The summed E-state index contributed by atoms with van der Waals surface area (Å²) in [7, 11) is 0. The van der Waals surface area contributed by atoms with E-state index >= 15 is 0 Å². The van der Waals surface area contributed by atoms with Gasteiger partial charge in [0.05, 0.1) is 0 Å². The van der Waals surface area contributed by atoms with Gasteiger partial charge in [0.2, 0.25) is 5.95 Å². The molecule has 0 saturated carbocycles. The molecule has 2 heterocycles. The summed E-state index contributed by atoms with van der Waals surface area (Å²) in [5.74, 6) is 1.52. The minimum Gasteiger partial charge on any atom is -0.383 e. The smallest absolute Gasteiger partial charge is 0.230 e. The number of aromatic nitrogens is 4.